The van der Waals surface area contributed by atoms with Crippen LogP contribution in [0.15, 0.2) is 146 Å². The summed E-state index contributed by atoms with van der Waals surface area (Å²) >= 11 is 0. The van der Waals surface area contributed by atoms with E-state index in [4.69, 9.17) is 9.97 Å². The maximum absolute atomic E-state index is 10.5. The van der Waals surface area contributed by atoms with Gasteiger partial charge in [-0.1, -0.05) is 145 Å². The molecule has 0 saturated heterocycles. The smallest absolute Gasteiger partial charge is 0.102 e. The number of hydrogen-bond acceptors (Lipinski definition) is 4. The van der Waals surface area contributed by atoms with E-state index in [0.29, 0.717) is 22.5 Å². The molecule has 7 rings (SSSR count). The van der Waals surface area contributed by atoms with Gasteiger partial charge in [-0.25, -0.2) is 9.97 Å². The zero-order valence-electron chi connectivity index (χ0n) is 26.6. The number of aryl methyl sites for hydroxylation is 2. The maximum atomic E-state index is 10.5. The summed E-state index contributed by atoms with van der Waals surface area (Å²) in [6.07, 6.45) is 0. The van der Waals surface area contributed by atoms with E-state index < -0.39 is 0 Å². The Morgan fingerprint density at radius 2 is 0.729 bits per heavy atom. The second-order valence-electron chi connectivity index (χ2n) is 11.8. The minimum absolute atomic E-state index is 0.513. The van der Waals surface area contributed by atoms with Crippen molar-refractivity contribution in [3.8, 4) is 79.4 Å². The molecular weight excluding hydrogens is 585 g/mol. The van der Waals surface area contributed by atoms with Gasteiger partial charge in [0.15, 0.2) is 0 Å². The van der Waals surface area contributed by atoms with Crippen molar-refractivity contribution in [3.63, 3.8) is 0 Å². The fourth-order valence-corrected chi connectivity index (χ4v) is 5.96. The van der Waals surface area contributed by atoms with Gasteiger partial charge in [0.05, 0.1) is 33.9 Å². The molecule has 0 aliphatic carbocycles. The van der Waals surface area contributed by atoms with Crippen LogP contribution in [0.5, 0.6) is 0 Å². The van der Waals surface area contributed by atoms with Crippen molar-refractivity contribution < 1.29 is 0 Å². The van der Waals surface area contributed by atoms with E-state index in [0.717, 1.165) is 55.9 Å². The molecule has 0 unspecified atom stereocenters. The Morgan fingerprint density at radius 3 is 1.06 bits per heavy atom. The zero-order chi connectivity index (χ0) is 33.0. The third-order valence-electron chi connectivity index (χ3n) is 8.56. The molecule has 0 amide bonds. The first-order valence-corrected chi connectivity index (χ1v) is 15.8. The highest BCUT2D eigenvalue weighted by Gasteiger charge is 2.19. The fourth-order valence-electron chi connectivity index (χ4n) is 5.96. The van der Waals surface area contributed by atoms with Gasteiger partial charge in [-0.3, -0.25) is 0 Å². The Balaban J connectivity index is 1.40. The van der Waals surface area contributed by atoms with Crippen LogP contribution in [0.3, 0.4) is 0 Å². The van der Waals surface area contributed by atoms with Crippen LogP contribution in [0.2, 0.25) is 0 Å². The van der Waals surface area contributed by atoms with Crippen molar-refractivity contribution in [1.82, 2.24) is 9.97 Å². The number of rotatable bonds is 6. The van der Waals surface area contributed by atoms with Crippen LogP contribution in [0, 0.1) is 36.5 Å². The molecule has 2 aromatic heterocycles. The van der Waals surface area contributed by atoms with Crippen LogP contribution < -0.4 is 0 Å². The number of hydrogen-bond donors (Lipinski definition) is 0. The van der Waals surface area contributed by atoms with Crippen LogP contribution in [0.4, 0.5) is 0 Å². The van der Waals surface area contributed by atoms with Crippen molar-refractivity contribution in [2.75, 3.05) is 0 Å². The quantitative estimate of drug-likeness (QED) is 0.187. The van der Waals surface area contributed by atoms with Crippen LogP contribution in [-0.4, -0.2) is 9.97 Å². The highest BCUT2D eigenvalue weighted by atomic mass is 14.7. The van der Waals surface area contributed by atoms with Crippen LogP contribution in [0.25, 0.3) is 67.3 Å². The highest BCUT2D eigenvalue weighted by Crippen LogP contribution is 2.38. The van der Waals surface area contributed by atoms with Crippen molar-refractivity contribution in [1.29, 1.82) is 10.5 Å². The highest BCUT2D eigenvalue weighted by molar-refractivity contribution is 5.87. The van der Waals surface area contributed by atoms with E-state index >= 15 is 0 Å². The number of pyridine rings is 2. The topological polar surface area (TPSA) is 73.4 Å². The zero-order valence-corrected chi connectivity index (χ0v) is 26.6. The molecule has 0 aliphatic rings. The van der Waals surface area contributed by atoms with Crippen molar-refractivity contribution in [2.24, 2.45) is 0 Å². The molecule has 0 bridgehead atoms. The Kier molecular flexibility index (Phi) is 8.15. The molecule has 2 heterocycles. The molecule has 0 spiro atoms. The maximum Gasteiger partial charge on any atom is 0.102 e. The number of aromatic nitrogens is 2. The summed E-state index contributed by atoms with van der Waals surface area (Å²) in [5, 5.41) is 21.0. The molecule has 226 valence electrons. The van der Waals surface area contributed by atoms with Gasteiger partial charge in [-0.2, -0.15) is 10.5 Å². The molecule has 0 fully saturated rings. The largest absolute Gasteiger partial charge is 0.246 e. The molecule has 0 saturated carbocycles. The van der Waals surface area contributed by atoms with E-state index in [1.165, 1.54) is 11.1 Å². The summed E-state index contributed by atoms with van der Waals surface area (Å²) < 4.78 is 0. The summed E-state index contributed by atoms with van der Waals surface area (Å²) in [6, 6.07) is 53.2. The average Bonchev–Trinajstić information content (AvgIpc) is 3.15. The van der Waals surface area contributed by atoms with Crippen molar-refractivity contribution >= 4 is 0 Å². The first-order valence-electron chi connectivity index (χ1n) is 15.8. The second-order valence-corrected chi connectivity index (χ2v) is 11.8. The lowest BCUT2D eigenvalue weighted by atomic mass is 9.91. The predicted molar refractivity (Wildman–Crippen MR) is 194 cm³/mol. The monoisotopic (exact) mass is 614 g/mol. The van der Waals surface area contributed by atoms with Gasteiger partial charge in [-0.05, 0) is 37.1 Å². The summed E-state index contributed by atoms with van der Waals surface area (Å²) in [5.41, 5.74) is 13.3. The van der Waals surface area contributed by atoms with Gasteiger partial charge in [0.25, 0.3) is 0 Å². The normalized spacial score (nSPS) is 10.7. The van der Waals surface area contributed by atoms with Gasteiger partial charge in [0.2, 0.25) is 0 Å². The third-order valence-corrected chi connectivity index (χ3v) is 8.56. The van der Waals surface area contributed by atoms with E-state index in [9.17, 15) is 10.5 Å². The molecule has 7 aromatic rings. The number of nitriles is 2. The summed E-state index contributed by atoms with van der Waals surface area (Å²) in [4.78, 5) is 10.0. The standard InChI is InChI=1S/C44H30N4/c1-29-13-17-33(18-14-29)41-25-37(39(27-45)43(47-41)35-9-5-3-6-10-35)31-21-23-32(24-22-31)38-26-42(34-19-15-30(2)16-20-34)48-44(40(38)28-46)36-11-7-4-8-12-36/h3-26H,1-2H3. The summed E-state index contributed by atoms with van der Waals surface area (Å²) in [5.74, 6) is 0. The molecule has 0 N–H and O–H groups in total. The van der Waals surface area contributed by atoms with Crippen molar-refractivity contribution in [3.05, 3.63) is 168 Å². The Hall–Kier alpha value is -6.62. The molecule has 0 aliphatic heterocycles. The van der Waals surface area contributed by atoms with Gasteiger partial charge in [-0.15, -0.1) is 0 Å². The molecular formula is C44H30N4. The Morgan fingerprint density at radius 1 is 0.396 bits per heavy atom. The first kappa shape index (κ1) is 30.1. The Labute approximate surface area is 280 Å². The lowest BCUT2D eigenvalue weighted by molar-refractivity contribution is 1.29. The minimum atomic E-state index is 0.513. The summed E-state index contributed by atoms with van der Waals surface area (Å²) in [7, 11) is 0. The van der Waals surface area contributed by atoms with E-state index in [1.54, 1.807) is 0 Å². The van der Waals surface area contributed by atoms with Gasteiger partial charge in [0, 0.05) is 33.4 Å². The van der Waals surface area contributed by atoms with Gasteiger partial charge in [0.1, 0.15) is 12.1 Å². The average molecular weight is 615 g/mol. The Bertz CT molecular complexity index is 2160. The molecule has 5 aromatic carbocycles. The number of benzene rings is 5. The molecule has 48 heavy (non-hydrogen) atoms. The lowest BCUT2D eigenvalue weighted by Crippen LogP contribution is -1.98. The predicted octanol–water partition coefficient (Wildman–Crippen LogP) is 10.8. The number of nitrogens with zero attached hydrogens (tertiary/aromatic N) is 4. The molecule has 0 radical (unpaired) electrons. The van der Waals surface area contributed by atoms with Crippen molar-refractivity contribution in [2.45, 2.75) is 13.8 Å². The van der Waals surface area contributed by atoms with E-state index in [1.807, 2.05) is 97.1 Å². The second kappa shape index (κ2) is 13.0. The van der Waals surface area contributed by atoms with E-state index in [-0.39, 0.29) is 0 Å². The van der Waals surface area contributed by atoms with Gasteiger partial charge < -0.3 is 0 Å². The first-order chi connectivity index (χ1) is 23.5. The molecule has 4 heteroatoms. The third kappa shape index (κ3) is 5.87. The lowest BCUT2D eigenvalue weighted by Gasteiger charge is -2.15. The van der Waals surface area contributed by atoms with Crippen LogP contribution in [0.1, 0.15) is 22.3 Å². The fraction of sp³-hybridized carbons (Fsp3) is 0.0455. The van der Waals surface area contributed by atoms with E-state index in [2.05, 4.69) is 74.5 Å². The molecule has 4 nitrogen and oxygen atoms in total. The van der Waals surface area contributed by atoms with Crippen LogP contribution >= 0.6 is 0 Å². The summed E-state index contributed by atoms with van der Waals surface area (Å²) in [6.45, 7) is 4.12. The molecule has 0 atom stereocenters. The van der Waals surface area contributed by atoms with Gasteiger partial charge >= 0.3 is 0 Å². The minimum Gasteiger partial charge on any atom is -0.246 e. The SMILES string of the molecule is Cc1ccc(-c2cc(-c3ccc(-c4cc(-c5ccc(C)cc5)nc(-c5ccccc5)c4C#N)cc3)c(C#N)c(-c3ccccc3)n2)cc1. The van der Waals surface area contributed by atoms with Crippen LogP contribution in [-0.2, 0) is 0 Å².